The number of carbonyl (C=O) groups is 1. The van der Waals surface area contributed by atoms with Crippen LogP contribution in [0.2, 0.25) is 10.0 Å². The van der Waals surface area contributed by atoms with Crippen molar-refractivity contribution in [3.05, 3.63) is 93.7 Å². The summed E-state index contributed by atoms with van der Waals surface area (Å²) < 4.78 is 7.20. The Balaban J connectivity index is 1.68. The molecule has 158 valence electrons. The number of imidazole rings is 1. The Bertz CT molecular complexity index is 1220. The van der Waals surface area contributed by atoms with Crippen LogP contribution in [0.4, 0.5) is 0 Å². The molecular formula is C24H21Cl2N3O2. The summed E-state index contributed by atoms with van der Waals surface area (Å²) >= 11 is 12.8. The molecule has 0 saturated carbocycles. The molecule has 1 N–H and O–H groups in total. The molecule has 4 rings (SSSR count). The van der Waals surface area contributed by atoms with Gasteiger partial charge in [0, 0.05) is 21.2 Å². The van der Waals surface area contributed by atoms with Crippen molar-refractivity contribution in [1.29, 1.82) is 0 Å². The third-order valence-electron chi connectivity index (χ3n) is 5.15. The second-order valence-corrected chi connectivity index (χ2v) is 7.98. The molecule has 3 aromatic carbocycles. The fourth-order valence-electron chi connectivity index (χ4n) is 3.52. The standard InChI is InChI=1S/C24H21Cl2N3O2/c1-15(27-24(30)16-10-12-17(31-2)13-11-16)23-28-21-8-3-4-9-22(21)29(23)14-18-19(25)6-5-7-20(18)26/h3-13,15H,14H2,1-2H3,(H,27,30). The summed E-state index contributed by atoms with van der Waals surface area (Å²) in [7, 11) is 1.59. The fourth-order valence-corrected chi connectivity index (χ4v) is 4.04. The van der Waals surface area contributed by atoms with E-state index >= 15 is 0 Å². The van der Waals surface area contributed by atoms with Gasteiger partial charge in [-0.2, -0.15) is 0 Å². The summed E-state index contributed by atoms with van der Waals surface area (Å²) in [6.45, 7) is 2.35. The number of methoxy groups -OCH3 is 1. The molecule has 1 aromatic heterocycles. The lowest BCUT2D eigenvalue weighted by Gasteiger charge is -2.17. The maximum Gasteiger partial charge on any atom is 0.251 e. The molecule has 1 heterocycles. The molecule has 0 aliphatic rings. The summed E-state index contributed by atoms with van der Waals surface area (Å²) in [4.78, 5) is 17.6. The van der Waals surface area contributed by atoms with Gasteiger partial charge in [0.1, 0.15) is 11.6 Å². The Labute approximate surface area is 190 Å². The number of benzene rings is 3. The van der Waals surface area contributed by atoms with Crippen LogP contribution in [0.25, 0.3) is 11.0 Å². The van der Waals surface area contributed by atoms with Crippen LogP contribution >= 0.6 is 23.2 Å². The Morgan fingerprint density at radius 1 is 1.03 bits per heavy atom. The first kappa shape index (κ1) is 21.2. The fraction of sp³-hybridized carbons (Fsp3) is 0.167. The normalized spacial score (nSPS) is 12.0. The van der Waals surface area contributed by atoms with E-state index < -0.39 is 0 Å². The number of rotatable bonds is 6. The Hall–Kier alpha value is -3.02. The van der Waals surface area contributed by atoms with Crippen molar-refractivity contribution in [2.24, 2.45) is 0 Å². The zero-order valence-electron chi connectivity index (χ0n) is 17.1. The van der Waals surface area contributed by atoms with Crippen molar-refractivity contribution in [3.8, 4) is 5.75 Å². The van der Waals surface area contributed by atoms with Gasteiger partial charge in [-0.05, 0) is 55.5 Å². The lowest BCUT2D eigenvalue weighted by molar-refractivity contribution is 0.0937. The Kier molecular flexibility index (Phi) is 6.16. The lowest BCUT2D eigenvalue weighted by Crippen LogP contribution is -2.28. The zero-order valence-corrected chi connectivity index (χ0v) is 18.6. The van der Waals surface area contributed by atoms with Gasteiger partial charge in [0.25, 0.3) is 5.91 Å². The van der Waals surface area contributed by atoms with E-state index in [1.54, 1.807) is 31.4 Å². The molecule has 0 fully saturated rings. The van der Waals surface area contributed by atoms with E-state index in [1.165, 1.54) is 0 Å². The zero-order chi connectivity index (χ0) is 22.0. The number of fused-ring (bicyclic) bond motifs is 1. The predicted octanol–water partition coefficient (Wildman–Crippen LogP) is 5.89. The van der Waals surface area contributed by atoms with E-state index in [1.807, 2.05) is 54.0 Å². The average Bonchev–Trinajstić information content (AvgIpc) is 3.15. The number of amides is 1. The number of halogens is 2. The first-order valence-corrected chi connectivity index (χ1v) is 10.6. The van der Waals surface area contributed by atoms with Crippen LogP contribution in [0.5, 0.6) is 5.75 Å². The van der Waals surface area contributed by atoms with E-state index in [9.17, 15) is 4.79 Å². The van der Waals surface area contributed by atoms with Gasteiger partial charge in [-0.1, -0.05) is 41.4 Å². The molecule has 0 spiro atoms. The van der Waals surface area contributed by atoms with E-state index in [2.05, 4.69) is 5.32 Å². The van der Waals surface area contributed by atoms with Gasteiger partial charge < -0.3 is 14.6 Å². The highest BCUT2D eigenvalue weighted by Gasteiger charge is 2.20. The minimum Gasteiger partial charge on any atom is -0.497 e. The number of para-hydroxylation sites is 2. The number of nitrogens with zero attached hydrogens (tertiary/aromatic N) is 2. The summed E-state index contributed by atoms with van der Waals surface area (Å²) in [6.07, 6.45) is 0. The third kappa shape index (κ3) is 4.38. The highest BCUT2D eigenvalue weighted by Crippen LogP contribution is 2.29. The van der Waals surface area contributed by atoms with Crippen molar-refractivity contribution in [2.45, 2.75) is 19.5 Å². The molecule has 0 aliphatic carbocycles. The van der Waals surface area contributed by atoms with Crippen LogP contribution in [0.1, 0.15) is 34.7 Å². The topological polar surface area (TPSA) is 56.1 Å². The lowest BCUT2D eigenvalue weighted by atomic mass is 10.2. The van der Waals surface area contributed by atoms with Gasteiger partial charge in [0.05, 0.1) is 30.7 Å². The summed E-state index contributed by atoms with van der Waals surface area (Å²) in [5.74, 6) is 1.23. The van der Waals surface area contributed by atoms with Gasteiger partial charge in [0.2, 0.25) is 0 Å². The SMILES string of the molecule is COc1ccc(C(=O)NC(C)c2nc3ccccc3n2Cc2c(Cl)cccc2Cl)cc1. The molecule has 4 aromatic rings. The second-order valence-electron chi connectivity index (χ2n) is 7.17. The number of carbonyl (C=O) groups excluding carboxylic acids is 1. The van der Waals surface area contributed by atoms with Crippen molar-refractivity contribution < 1.29 is 9.53 Å². The molecule has 0 aliphatic heterocycles. The molecule has 5 nitrogen and oxygen atoms in total. The van der Waals surface area contributed by atoms with Crippen LogP contribution in [0, 0.1) is 0 Å². The summed E-state index contributed by atoms with van der Waals surface area (Å²) in [6, 6.07) is 19.9. The summed E-state index contributed by atoms with van der Waals surface area (Å²) in [5, 5.41) is 4.22. The van der Waals surface area contributed by atoms with E-state index in [0.717, 1.165) is 22.4 Å². The Morgan fingerprint density at radius 2 is 1.71 bits per heavy atom. The van der Waals surface area contributed by atoms with Gasteiger partial charge in [-0.25, -0.2) is 4.98 Å². The maximum atomic E-state index is 12.8. The van der Waals surface area contributed by atoms with Crippen molar-refractivity contribution in [2.75, 3.05) is 7.11 Å². The number of ether oxygens (including phenoxy) is 1. The minimum absolute atomic E-state index is 0.190. The number of nitrogens with one attached hydrogen (secondary N) is 1. The van der Waals surface area contributed by atoms with Crippen molar-refractivity contribution in [1.82, 2.24) is 14.9 Å². The number of aromatic nitrogens is 2. The molecule has 1 unspecified atom stereocenters. The van der Waals surface area contributed by atoms with Gasteiger partial charge in [-0.3, -0.25) is 4.79 Å². The first-order chi connectivity index (χ1) is 15.0. The Morgan fingerprint density at radius 3 is 2.39 bits per heavy atom. The quantitative estimate of drug-likeness (QED) is 0.395. The van der Waals surface area contributed by atoms with Crippen molar-refractivity contribution >= 4 is 40.1 Å². The maximum absolute atomic E-state index is 12.8. The molecule has 1 atom stereocenters. The molecule has 31 heavy (non-hydrogen) atoms. The first-order valence-electron chi connectivity index (χ1n) is 9.81. The smallest absolute Gasteiger partial charge is 0.251 e. The molecule has 1 amide bonds. The molecular weight excluding hydrogens is 433 g/mol. The van der Waals surface area contributed by atoms with E-state index in [-0.39, 0.29) is 11.9 Å². The second kappa shape index (κ2) is 9.00. The van der Waals surface area contributed by atoms with E-state index in [4.69, 9.17) is 32.9 Å². The van der Waals surface area contributed by atoms with E-state index in [0.29, 0.717) is 27.9 Å². The third-order valence-corrected chi connectivity index (χ3v) is 5.86. The van der Waals surface area contributed by atoms with Crippen LogP contribution in [-0.2, 0) is 6.54 Å². The van der Waals surface area contributed by atoms with Crippen LogP contribution in [-0.4, -0.2) is 22.6 Å². The van der Waals surface area contributed by atoms with Crippen molar-refractivity contribution in [3.63, 3.8) is 0 Å². The number of hydrogen-bond donors (Lipinski definition) is 1. The molecule has 0 bridgehead atoms. The van der Waals surface area contributed by atoms with Gasteiger partial charge >= 0.3 is 0 Å². The largest absolute Gasteiger partial charge is 0.497 e. The molecule has 0 saturated heterocycles. The van der Waals surface area contributed by atoms with Crippen LogP contribution in [0.15, 0.2) is 66.7 Å². The monoisotopic (exact) mass is 453 g/mol. The average molecular weight is 454 g/mol. The highest BCUT2D eigenvalue weighted by atomic mass is 35.5. The van der Waals surface area contributed by atoms with Crippen LogP contribution in [0.3, 0.4) is 0 Å². The van der Waals surface area contributed by atoms with Crippen LogP contribution < -0.4 is 10.1 Å². The minimum atomic E-state index is -0.344. The summed E-state index contributed by atoms with van der Waals surface area (Å²) in [5.41, 5.74) is 3.14. The van der Waals surface area contributed by atoms with Gasteiger partial charge in [0.15, 0.2) is 0 Å². The predicted molar refractivity (Wildman–Crippen MR) is 124 cm³/mol. The number of hydrogen-bond acceptors (Lipinski definition) is 3. The molecule has 7 heteroatoms. The van der Waals surface area contributed by atoms with Gasteiger partial charge in [-0.15, -0.1) is 0 Å². The highest BCUT2D eigenvalue weighted by molar-refractivity contribution is 6.36. The molecule has 0 radical (unpaired) electrons.